The highest BCUT2D eigenvalue weighted by Gasteiger charge is 2.73. The zero-order valence-corrected chi connectivity index (χ0v) is 23.2. The number of hydrogen-bond acceptors (Lipinski definition) is 5. The Hall–Kier alpha value is -2.58. The molecule has 2 saturated heterocycles. The average Bonchev–Trinajstić information content (AvgIpc) is 3.18. The molecular weight excluding hydrogens is 498 g/mol. The minimum atomic E-state index is -0.821. The predicted octanol–water partition coefficient (Wildman–Crippen LogP) is 3.24. The number of amides is 3. The number of aliphatic hydroxyl groups excluding tert-OH is 1. The first-order valence-electron chi connectivity index (χ1n) is 13.9. The lowest BCUT2D eigenvalue weighted by atomic mass is 9.74. The minimum Gasteiger partial charge on any atom is -0.396 e. The molecule has 4 aliphatic heterocycles. The number of benzene rings is 1. The maximum absolute atomic E-state index is 14.3. The highest BCUT2D eigenvalue weighted by Crippen LogP contribution is 2.65. The molecule has 0 aromatic heterocycles. The van der Waals surface area contributed by atoms with Gasteiger partial charge < -0.3 is 19.8 Å². The van der Waals surface area contributed by atoms with E-state index in [0.29, 0.717) is 39.1 Å². The number of fused-ring (bicyclic) bond motifs is 2. The van der Waals surface area contributed by atoms with E-state index < -0.39 is 27.4 Å². The van der Waals surface area contributed by atoms with E-state index in [0.717, 1.165) is 24.8 Å². The van der Waals surface area contributed by atoms with Crippen molar-refractivity contribution in [1.29, 1.82) is 0 Å². The number of carbonyl (C=O) groups excluding carboxylic acids is 3. The smallest absolute Gasteiger partial charge is 0.247 e. The van der Waals surface area contributed by atoms with Crippen molar-refractivity contribution in [2.45, 2.75) is 61.6 Å². The van der Waals surface area contributed by atoms with Crippen LogP contribution in [0.2, 0.25) is 0 Å². The van der Waals surface area contributed by atoms with Gasteiger partial charge in [-0.05, 0) is 25.3 Å². The molecule has 4 aliphatic rings. The molecule has 204 valence electrons. The van der Waals surface area contributed by atoms with E-state index in [1.165, 1.54) is 0 Å². The normalized spacial score (nSPS) is 32.3. The van der Waals surface area contributed by atoms with Gasteiger partial charge in [0, 0.05) is 44.1 Å². The van der Waals surface area contributed by atoms with Crippen molar-refractivity contribution >= 4 is 29.5 Å². The second-order valence-electron chi connectivity index (χ2n) is 11.1. The fraction of sp³-hybridized carbons (Fsp3) is 0.567. The van der Waals surface area contributed by atoms with Crippen LogP contribution in [0.4, 0.5) is 0 Å². The molecule has 5 atom stereocenters. The van der Waals surface area contributed by atoms with Crippen LogP contribution >= 0.6 is 11.8 Å². The van der Waals surface area contributed by atoms with Crippen LogP contribution in [0.5, 0.6) is 0 Å². The standard InChI is InChI=1S/C30H39N3O4S/c1-3-4-8-16-31-17-10-15-30-24(27(36)33(19-11-20-34)25(30)28(31)37)23-26(35)32(18-9-14-29(23,2)38-30)21-22-12-6-5-7-13-22/h5-7,9-10,12-15,23-25,34H,3-4,8,11,16-21H2,1-2H3/t23-,24-,25?,29+,30-/m0/s1. The number of unbranched alkanes of at least 4 members (excludes halogenated alkanes) is 2. The quantitative estimate of drug-likeness (QED) is 0.386. The molecule has 0 saturated carbocycles. The van der Waals surface area contributed by atoms with Gasteiger partial charge in [-0.25, -0.2) is 0 Å². The van der Waals surface area contributed by atoms with Gasteiger partial charge in [0.1, 0.15) is 6.04 Å². The Labute approximate surface area is 229 Å². The van der Waals surface area contributed by atoms with E-state index in [-0.39, 0.29) is 24.3 Å². The first-order valence-corrected chi connectivity index (χ1v) is 14.8. The molecule has 0 radical (unpaired) electrons. The number of thioether (sulfide) groups is 1. The Morgan fingerprint density at radius 3 is 2.37 bits per heavy atom. The summed E-state index contributed by atoms with van der Waals surface area (Å²) in [6.45, 7) is 6.59. The Balaban J connectivity index is 1.53. The third-order valence-electron chi connectivity index (χ3n) is 8.53. The van der Waals surface area contributed by atoms with E-state index >= 15 is 0 Å². The maximum Gasteiger partial charge on any atom is 0.247 e. The molecule has 1 N–H and O–H groups in total. The summed E-state index contributed by atoms with van der Waals surface area (Å²) in [6.07, 6.45) is 11.7. The van der Waals surface area contributed by atoms with Gasteiger partial charge in [0.2, 0.25) is 17.7 Å². The lowest BCUT2D eigenvalue weighted by Gasteiger charge is -2.36. The van der Waals surface area contributed by atoms with E-state index in [4.69, 9.17) is 0 Å². The number of carbonyl (C=O) groups is 3. The highest BCUT2D eigenvalue weighted by molar-refractivity contribution is 8.02. The highest BCUT2D eigenvalue weighted by atomic mass is 32.2. The lowest BCUT2D eigenvalue weighted by molar-refractivity contribution is -0.145. The topological polar surface area (TPSA) is 81.2 Å². The number of hydrogen-bond donors (Lipinski definition) is 1. The molecule has 2 fully saturated rings. The van der Waals surface area contributed by atoms with Crippen molar-refractivity contribution in [2.75, 3.05) is 32.8 Å². The molecule has 3 amide bonds. The number of aliphatic hydroxyl groups is 1. The van der Waals surface area contributed by atoms with Crippen LogP contribution in [-0.4, -0.2) is 85.8 Å². The molecule has 0 aliphatic carbocycles. The van der Waals surface area contributed by atoms with Crippen molar-refractivity contribution in [2.24, 2.45) is 11.8 Å². The zero-order chi connectivity index (χ0) is 26.9. The molecule has 5 rings (SSSR count). The van der Waals surface area contributed by atoms with Gasteiger partial charge >= 0.3 is 0 Å². The largest absolute Gasteiger partial charge is 0.396 e. The molecule has 38 heavy (non-hydrogen) atoms. The van der Waals surface area contributed by atoms with Crippen molar-refractivity contribution in [3.05, 3.63) is 60.2 Å². The number of nitrogens with zero attached hydrogens (tertiary/aromatic N) is 3. The second kappa shape index (κ2) is 10.9. The first kappa shape index (κ1) is 27.0. The van der Waals surface area contributed by atoms with Crippen LogP contribution in [-0.2, 0) is 20.9 Å². The Bertz CT molecular complexity index is 1120. The van der Waals surface area contributed by atoms with Gasteiger partial charge in [-0.1, -0.05) is 74.4 Å². The third-order valence-corrected chi connectivity index (χ3v) is 10.3. The molecular formula is C30H39N3O4S. The summed E-state index contributed by atoms with van der Waals surface area (Å²) in [6, 6.07) is 9.25. The molecule has 1 aromatic rings. The zero-order valence-electron chi connectivity index (χ0n) is 22.4. The fourth-order valence-corrected chi connectivity index (χ4v) is 8.96. The fourth-order valence-electron chi connectivity index (χ4n) is 6.80. The van der Waals surface area contributed by atoms with Crippen molar-refractivity contribution in [3.8, 4) is 0 Å². The molecule has 4 heterocycles. The van der Waals surface area contributed by atoms with E-state index in [9.17, 15) is 19.5 Å². The van der Waals surface area contributed by atoms with E-state index in [1.807, 2.05) is 52.3 Å². The van der Waals surface area contributed by atoms with Gasteiger partial charge in [-0.15, -0.1) is 11.8 Å². The van der Waals surface area contributed by atoms with Gasteiger partial charge in [0.25, 0.3) is 0 Å². The van der Waals surface area contributed by atoms with Gasteiger partial charge in [-0.2, -0.15) is 0 Å². The van der Waals surface area contributed by atoms with Crippen LogP contribution in [0.25, 0.3) is 0 Å². The van der Waals surface area contributed by atoms with Crippen LogP contribution in [0.3, 0.4) is 0 Å². The van der Waals surface area contributed by atoms with Crippen molar-refractivity contribution in [1.82, 2.24) is 14.7 Å². The summed E-state index contributed by atoms with van der Waals surface area (Å²) < 4.78 is -1.43. The Morgan fingerprint density at radius 2 is 1.63 bits per heavy atom. The summed E-state index contributed by atoms with van der Waals surface area (Å²) in [5.74, 6) is -1.41. The third kappa shape index (κ3) is 4.49. The average molecular weight is 538 g/mol. The maximum atomic E-state index is 14.3. The number of rotatable bonds is 9. The number of likely N-dealkylation sites (tertiary alicyclic amines) is 1. The van der Waals surface area contributed by atoms with Gasteiger partial charge in [0.15, 0.2) is 0 Å². The molecule has 1 unspecified atom stereocenters. The SMILES string of the molecule is CCCCCN1CC=C[C@]23S[C@]4(C)C=CCN(Cc5ccccc5)C(=O)[C@@H]4[C@H]2C(=O)N(CCCO)C3C1=O. The Kier molecular flexibility index (Phi) is 7.74. The van der Waals surface area contributed by atoms with Crippen LogP contribution < -0.4 is 0 Å². The molecule has 0 bridgehead atoms. The van der Waals surface area contributed by atoms with Gasteiger partial charge in [0.05, 0.1) is 16.6 Å². The summed E-state index contributed by atoms with van der Waals surface area (Å²) in [5.41, 5.74) is 1.05. The monoisotopic (exact) mass is 537 g/mol. The molecule has 8 heteroatoms. The summed E-state index contributed by atoms with van der Waals surface area (Å²) in [4.78, 5) is 48.0. The summed E-state index contributed by atoms with van der Waals surface area (Å²) in [7, 11) is 0. The second-order valence-corrected chi connectivity index (χ2v) is 12.9. The van der Waals surface area contributed by atoms with E-state index in [1.54, 1.807) is 16.7 Å². The van der Waals surface area contributed by atoms with E-state index in [2.05, 4.69) is 26.0 Å². The predicted molar refractivity (Wildman–Crippen MR) is 149 cm³/mol. The molecule has 7 nitrogen and oxygen atoms in total. The summed E-state index contributed by atoms with van der Waals surface area (Å²) in [5, 5.41) is 9.59. The molecule has 1 aromatic carbocycles. The van der Waals surface area contributed by atoms with Gasteiger partial charge in [-0.3, -0.25) is 14.4 Å². The lowest BCUT2D eigenvalue weighted by Crippen LogP contribution is -2.53. The van der Waals surface area contributed by atoms with Crippen LogP contribution in [0.15, 0.2) is 54.6 Å². The molecule has 1 spiro atoms. The minimum absolute atomic E-state index is 0.0308. The van der Waals surface area contributed by atoms with Crippen LogP contribution in [0, 0.1) is 11.8 Å². The van der Waals surface area contributed by atoms with Crippen LogP contribution in [0.1, 0.15) is 45.1 Å². The summed E-state index contributed by atoms with van der Waals surface area (Å²) >= 11 is 1.62. The van der Waals surface area contributed by atoms with Crippen molar-refractivity contribution < 1.29 is 19.5 Å². The first-order chi connectivity index (χ1) is 18.4. The Morgan fingerprint density at radius 1 is 0.895 bits per heavy atom. The van der Waals surface area contributed by atoms with Crippen molar-refractivity contribution in [3.63, 3.8) is 0 Å².